The molecule has 1 N–H and O–H groups in total. The zero-order chi connectivity index (χ0) is 13.2. The van der Waals surface area contributed by atoms with E-state index in [1.807, 2.05) is 18.2 Å². The Kier molecular flexibility index (Phi) is 3.86. The van der Waals surface area contributed by atoms with Crippen LogP contribution in [0.4, 0.5) is 0 Å². The first-order chi connectivity index (χ1) is 9.24. The first kappa shape index (κ1) is 13.1. The molecule has 1 unspecified atom stereocenters. The van der Waals surface area contributed by atoms with E-state index in [4.69, 9.17) is 16.1 Å². The van der Waals surface area contributed by atoms with Crippen LogP contribution in [0.1, 0.15) is 31.1 Å². The van der Waals surface area contributed by atoms with E-state index >= 15 is 0 Å². The van der Waals surface area contributed by atoms with E-state index in [0.29, 0.717) is 10.9 Å². The Morgan fingerprint density at radius 1 is 1.37 bits per heavy atom. The topological polar surface area (TPSA) is 51.0 Å². The summed E-state index contributed by atoms with van der Waals surface area (Å²) in [4.78, 5) is 4.48. The number of hydrogen-bond acceptors (Lipinski definition) is 4. The smallest absolute Gasteiger partial charge is 0.259 e. The number of halogens is 2. The van der Waals surface area contributed by atoms with Gasteiger partial charge in [0.15, 0.2) is 5.82 Å². The quantitative estimate of drug-likeness (QED) is 0.897. The molecule has 100 valence electrons. The second-order valence-electron chi connectivity index (χ2n) is 4.58. The van der Waals surface area contributed by atoms with Gasteiger partial charge in [-0.2, -0.15) is 4.98 Å². The number of nitrogens with one attached hydrogen (secondary N) is 1. The van der Waals surface area contributed by atoms with Crippen LogP contribution < -0.4 is 5.32 Å². The van der Waals surface area contributed by atoms with Gasteiger partial charge >= 0.3 is 0 Å². The molecule has 0 bridgehead atoms. The van der Waals surface area contributed by atoms with E-state index in [2.05, 4.69) is 31.4 Å². The zero-order valence-electron chi connectivity index (χ0n) is 10.2. The van der Waals surface area contributed by atoms with Crippen LogP contribution in [-0.4, -0.2) is 16.7 Å². The van der Waals surface area contributed by atoms with Gasteiger partial charge in [0.2, 0.25) is 0 Å². The molecule has 1 aromatic carbocycles. The summed E-state index contributed by atoms with van der Waals surface area (Å²) < 4.78 is 6.24. The van der Waals surface area contributed by atoms with Gasteiger partial charge in [0.1, 0.15) is 0 Å². The number of nitrogens with zero attached hydrogens (tertiary/aromatic N) is 2. The van der Waals surface area contributed by atoms with Crippen molar-refractivity contribution in [3.63, 3.8) is 0 Å². The highest BCUT2D eigenvalue weighted by molar-refractivity contribution is 9.10. The molecule has 2 aromatic rings. The normalized spacial score (nSPS) is 19.6. The average molecular weight is 343 g/mol. The van der Waals surface area contributed by atoms with Crippen LogP contribution in [-0.2, 0) is 0 Å². The van der Waals surface area contributed by atoms with Gasteiger partial charge in [0, 0.05) is 9.50 Å². The third kappa shape index (κ3) is 2.83. The van der Waals surface area contributed by atoms with E-state index in [-0.39, 0.29) is 6.04 Å². The van der Waals surface area contributed by atoms with Crippen molar-refractivity contribution < 1.29 is 4.52 Å². The standard InChI is InChI=1S/C13H13BrClN3O/c14-10-5-4-8(15)7-9(10)13-17-12(18-19-13)11-3-1-2-6-16-11/h4-5,7,11,16H,1-3,6H2. The molecule has 1 aromatic heterocycles. The van der Waals surface area contributed by atoms with E-state index in [0.717, 1.165) is 28.8 Å². The molecule has 0 spiro atoms. The molecule has 0 aliphatic carbocycles. The van der Waals surface area contributed by atoms with Gasteiger partial charge in [-0.05, 0) is 53.5 Å². The lowest BCUT2D eigenvalue weighted by atomic mass is 10.0. The highest BCUT2D eigenvalue weighted by atomic mass is 79.9. The van der Waals surface area contributed by atoms with Gasteiger partial charge in [0.25, 0.3) is 5.89 Å². The summed E-state index contributed by atoms with van der Waals surface area (Å²) in [6.07, 6.45) is 3.46. The van der Waals surface area contributed by atoms with E-state index < -0.39 is 0 Å². The monoisotopic (exact) mass is 341 g/mol. The van der Waals surface area contributed by atoms with Crippen molar-refractivity contribution in [3.05, 3.63) is 33.5 Å². The summed E-state index contributed by atoms with van der Waals surface area (Å²) in [6, 6.07) is 5.71. The molecule has 1 saturated heterocycles. The molecule has 1 aliphatic rings. The Labute approximate surface area is 124 Å². The zero-order valence-corrected chi connectivity index (χ0v) is 12.5. The van der Waals surface area contributed by atoms with Crippen molar-refractivity contribution in [2.45, 2.75) is 25.3 Å². The molecule has 3 rings (SSSR count). The van der Waals surface area contributed by atoms with Gasteiger partial charge in [-0.1, -0.05) is 23.2 Å². The van der Waals surface area contributed by atoms with Crippen LogP contribution in [0, 0.1) is 0 Å². The Balaban J connectivity index is 1.89. The molecule has 19 heavy (non-hydrogen) atoms. The Bertz CT molecular complexity index is 581. The van der Waals surface area contributed by atoms with Crippen molar-refractivity contribution in [1.82, 2.24) is 15.5 Å². The van der Waals surface area contributed by atoms with E-state index in [9.17, 15) is 0 Å². The lowest BCUT2D eigenvalue weighted by Crippen LogP contribution is -2.27. The van der Waals surface area contributed by atoms with Gasteiger partial charge < -0.3 is 9.84 Å². The predicted octanol–water partition coefficient (Wildman–Crippen LogP) is 3.97. The summed E-state index contributed by atoms with van der Waals surface area (Å²) in [6.45, 7) is 1.01. The van der Waals surface area contributed by atoms with Crippen LogP contribution in [0.15, 0.2) is 27.2 Å². The Morgan fingerprint density at radius 2 is 2.26 bits per heavy atom. The second-order valence-corrected chi connectivity index (χ2v) is 5.88. The highest BCUT2D eigenvalue weighted by Crippen LogP contribution is 2.31. The number of piperidine rings is 1. The van der Waals surface area contributed by atoms with Crippen LogP contribution in [0.25, 0.3) is 11.5 Å². The molecule has 0 saturated carbocycles. The maximum Gasteiger partial charge on any atom is 0.259 e. The maximum absolute atomic E-state index is 6.00. The fraction of sp³-hybridized carbons (Fsp3) is 0.385. The first-order valence-electron chi connectivity index (χ1n) is 6.26. The summed E-state index contributed by atoms with van der Waals surface area (Å²) >= 11 is 9.47. The third-order valence-electron chi connectivity index (χ3n) is 3.22. The minimum absolute atomic E-state index is 0.198. The minimum Gasteiger partial charge on any atom is -0.334 e. The lowest BCUT2D eigenvalue weighted by Gasteiger charge is -2.19. The van der Waals surface area contributed by atoms with Gasteiger partial charge in [-0.25, -0.2) is 0 Å². The molecular formula is C13H13BrClN3O. The SMILES string of the molecule is Clc1ccc(Br)c(-c2nc(C3CCCCN3)no2)c1. The maximum atomic E-state index is 6.00. The fourth-order valence-corrected chi connectivity index (χ4v) is 2.81. The molecule has 1 aliphatic heterocycles. The summed E-state index contributed by atoms with van der Waals surface area (Å²) in [5, 5.41) is 8.12. The van der Waals surface area contributed by atoms with Crippen molar-refractivity contribution in [2.75, 3.05) is 6.54 Å². The minimum atomic E-state index is 0.198. The molecule has 1 atom stereocenters. The van der Waals surface area contributed by atoms with Crippen LogP contribution >= 0.6 is 27.5 Å². The molecular weight excluding hydrogens is 330 g/mol. The van der Waals surface area contributed by atoms with E-state index in [1.54, 1.807) is 0 Å². The van der Waals surface area contributed by atoms with Crippen molar-refractivity contribution in [2.24, 2.45) is 0 Å². The molecule has 1 fully saturated rings. The first-order valence-corrected chi connectivity index (χ1v) is 7.43. The highest BCUT2D eigenvalue weighted by Gasteiger charge is 2.21. The molecule has 0 amide bonds. The van der Waals surface area contributed by atoms with Gasteiger partial charge in [-0.3, -0.25) is 0 Å². The molecule has 4 nitrogen and oxygen atoms in total. The van der Waals surface area contributed by atoms with Crippen molar-refractivity contribution in [1.29, 1.82) is 0 Å². The van der Waals surface area contributed by atoms with Crippen LogP contribution in [0.2, 0.25) is 5.02 Å². The average Bonchev–Trinajstić information content (AvgIpc) is 2.92. The summed E-state index contributed by atoms with van der Waals surface area (Å²) in [5.74, 6) is 1.22. The van der Waals surface area contributed by atoms with Crippen LogP contribution in [0.5, 0.6) is 0 Å². The number of aromatic nitrogens is 2. The lowest BCUT2D eigenvalue weighted by molar-refractivity contribution is 0.367. The van der Waals surface area contributed by atoms with Crippen LogP contribution in [0.3, 0.4) is 0 Å². The van der Waals surface area contributed by atoms with Gasteiger partial charge in [-0.15, -0.1) is 0 Å². The van der Waals surface area contributed by atoms with Crippen molar-refractivity contribution >= 4 is 27.5 Å². The largest absolute Gasteiger partial charge is 0.334 e. The third-order valence-corrected chi connectivity index (χ3v) is 4.15. The van der Waals surface area contributed by atoms with Gasteiger partial charge in [0.05, 0.1) is 11.6 Å². The molecule has 0 radical (unpaired) electrons. The Hall–Kier alpha value is -0.910. The summed E-state index contributed by atoms with van der Waals surface area (Å²) in [7, 11) is 0. The number of rotatable bonds is 2. The molecule has 6 heteroatoms. The number of benzene rings is 1. The van der Waals surface area contributed by atoms with Crippen molar-refractivity contribution in [3.8, 4) is 11.5 Å². The molecule has 2 heterocycles. The summed E-state index contributed by atoms with van der Waals surface area (Å²) in [5.41, 5.74) is 0.821. The van der Waals surface area contributed by atoms with E-state index in [1.165, 1.54) is 12.8 Å². The number of hydrogen-bond donors (Lipinski definition) is 1. The Morgan fingerprint density at radius 3 is 3.05 bits per heavy atom. The fourth-order valence-electron chi connectivity index (χ4n) is 2.22. The predicted molar refractivity (Wildman–Crippen MR) is 77.0 cm³/mol. The second kappa shape index (κ2) is 5.61.